The first-order valence-electron chi connectivity index (χ1n) is 5.41. The highest BCUT2D eigenvalue weighted by Gasteiger charge is 2.15. The van der Waals surface area contributed by atoms with Gasteiger partial charge >= 0.3 is 11.9 Å². The van der Waals surface area contributed by atoms with Crippen LogP contribution in [-0.4, -0.2) is 22.2 Å². The molecule has 96 valence electrons. The number of aromatic carboxylic acids is 2. The van der Waals surface area contributed by atoms with Crippen molar-refractivity contribution in [2.45, 2.75) is 0 Å². The van der Waals surface area contributed by atoms with Gasteiger partial charge in [-0.05, 0) is 36.4 Å². The molecular weight excluding hydrogens is 248 g/mol. The molecule has 3 rings (SSSR count). The fourth-order valence-corrected chi connectivity index (χ4v) is 1.37. The summed E-state index contributed by atoms with van der Waals surface area (Å²) >= 11 is 0. The first-order chi connectivity index (χ1) is 9.08. The van der Waals surface area contributed by atoms with Crippen LogP contribution in [0.3, 0.4) is 0 Å². The summed E-state index contributed by atoms with van der Waals surface area (Å²) in [5, 5.41) is 16.9. The Morgan fingerprint density at radius 3 is 1.37 bits per heavy atom. The Kier molecular flexibility index (Phi) is 3.47. The van der Waals surface area contributed by atoms with Crippen LogP contribution >= 0.6 is 0 Å². The van der Waals surface area contributed by atoms with Gasteiger partial charge in [-0.2, -0.15) is 0 Å². The normalized spacial score (nSPS) is 10.3. The summed E-state index contributed by atoms with van der Waals surface area (Å²) in [7, 11) is 0. The lowest BCUT2D eigenvalue weighted by Crippen LogP contribution is -1.99. The molecule has 0 saturated heterocycles. The van der Waals surface area contributed by atoms with E-state index in [9.17, 15) is 9.59 Å². The number of carboxylic acid groups (broad SMARTS) is 2. The topological polar surface area (TPSA) is 87.1 Å². The third-order valence-corrected chi connectivity index (χ3v) is 2.41. The van der Waals surface area contributed by atoms with E-state index in [0.29, 0.717) is 0 Å². The van der Waals surface area contributed by atoms with Crippen LogP contribution in [0.5, 0.6) is 11.5 Å². The molecule has 0 amide bonds. The van der Waals surface area contributed by atoms with Crippen LogP contribution in [-0.2, 0) is 0 Å². The molecule has 2 N–H and O–H groups in total. The Bertz CT molecular complexity index is 562. The van der Waals surface area contributed by atoms with Gasteiger partial charge in [0.2, 0.25) is 0 Å². The summed E-state index contributed by atoms with van der Waals surface area (Å²) < 4.78 is 4.94. The summed E-state index contributed by atoms with van der Waals surface area (Å²) in [6, 6.07) is 12.9. The van der Waals surface area contributed by atoms with Crippen molar-refractivity contribution in [3.05, 3.63) is 59.7 Å². The molecule has 2 aromatic carbocycles. The Morgan fingerprint density at radius 2 is 1.11 bits per heavy atom. The Balaban J connectivity index is 0.000000159. The summed E-state index contributed by atoms with van der Waals surface area (Å²) in [6.07, 6.45) is 0. The highest BCUT2D eigenvalue weighted by Crippen LogP contribution is 2.43. The zero-order valence-electron chi connectivity index (χ0n) is 9.74. The van der Waals surface area contributed by atoms with Gasteiger partial charge in [-0.15, -0.1) is 0 Å². The van der Waals surface area contributed by atoms with Gasteiger partial charge in [0.25, 0.3) is 0 Å². The quantitative estimate of drug-likeness (QED) is 0.690. The predicted octanol–water partition coefficient (Wildman–Crippen LogP) is 2.88. The van der Waals surface area contributed by atoms with Crippen molar-refractivity contribution in [1.29, 1.82) is 0 Å². The molecule has 1 aliphatic rings. The standard InChI is InChI=1S/C8H6O4.C6H4O/c9-7(10)5-1-2-6(4-3-5)8(11)12;1-2-4-6-5(3-1)7-6/h1-4H,(H,9,10)(H,11,12);1-4H. The molecule has 1 heterocycles. The molecule has 5 heteroatoms. The monoisotopic (exact) mass is 258 g/mol. The number of carboxylic acids is 2. The van der Waals surface area contributed by atoms with Crippen LogP contribution in [0.4, 0.5) is 0 Å². The second kappa shape index (κ2) is 5.22. The second-order valence-corrected chi connectivity index (χ2v) is 3.74. The van der Waals surface area contributed by atoms with Crippen LogP contribution in [0.2, 0.25) is 0 Å². The minimum absolute atomic E-state index is 0.0833. The number of fused-ring (bicyclic) bond motifs is 1. The molecule has 0 fully saturated rings. The van der Waals surface area contributed by atoms with Crippen LogP contribution < -0.4 is 4.74 Å². The van der Waals surface area contributed by atoms with Gasteiger partial charge < -0.3 is 14.9 Å². The Hall–Kier alpha value is -2.82. The van der Waals surface area contributed by atoms with Crippen molar-refractivity contribution in [2.75, 3.05) is 0 Å². The summed E-state index contributed by atoms with van der Waals surface area (Å²) in [4.78, 5) is 20.7. The first kappa shape index (κ1) is 12.6. The molecule has 0 aliphatic carbocycles. The van der Waals surface area contributed by atoms with Crippen molar-refractivity contribution in [3.63, 3.8) is 0 Å². The number of hydrogen-bond acceptors (Lipinski definition) is 3. The lowest BCUT2D eigenvalue weighted by Gasteiger charge is -1.94. The first-order valence-corrected chi connectivity index (χ1v) is 5.41. The minimum Gasteiger partial charge on any atom is -0.478 e. The van der Waals surface area contributed by atoms with Crippen molar-refractivity contribution < 1.29 is 24.5 Å². The van der Waals surface area contributed by atoms with E-state index in [1.165, 1.54) is 24.3 Å². The number of benzene rings is 2. The van der Waals surface area contributed by atoms with E-state index in [0.717, 1.165) is 11.5 Å². The molecule has 0 radical (unpaired) electrons. The SMILES string of the molecule is O=C(O)c1ccc(C(=O)O)cc1.c1ccc2c(c1)O2. The molecule has 5 nitrogen and oxygen atoms in total. The fraction of sp³-hybridized carbons (Fsp3) is 0. The maximum Gasteiger partial charge on any atom is 0.335 e. The van der Waals surface area contributed by atoms with E-state index >= 15 is 0 Å². The molecule has 0 aromatic heterocycles. The summed E-state index contributed by atoms with van der Waals surface area (Å²) in [6.45, 7) is 0. The van der Waals surface area contributed by atoms with Crippen LogP contribution in [0, 0.1) is 0 Å². The molecular formula is C14H10O5. The molecule has 1 aliphatic heterocycles. The van der Waals surface area contributed by atoms with E-state index in [1.54, 1.807) is 0 Å². The number of para-hydroxylation sites is 2. The van der Waals surface area contributed by atoms with E-state index < -0.39 is 11.9 Å². The zero-order valence-corrected chi connectivity index (χ0v) is 9.74. The van der Waals surface area contributed by atoms with Gasteiger partial charge in [-0.25, -0.2) is 9.59 Å². The molecule has 2 aromatic rings. The van der Waals surface area contributed by atoms with Gasteiger partial charge in [0.1, 0.15) is 0 Å². The number of hydrogen-bond donors (Lipinski definition) is 2. The lowest BCUT2D eigenvalue weighted by atomic mass is 10.1. The largest absolute Gasteiger partial charge is 0.478 e. The van der Waals surface area contributed by atoms with Crippen molar-refractivity contribution in [2.24, 2.45) is 0 Å². The molecule has 0 bridgehead atoms. The van der Waals surface area contributed by atoms with Crippen molar-refractivity contribution >= 4 is 11.9 Å². The molecule has 19 heavy (non-hydrogen) atoms. The van der Waals surface area contributed by atoms with E-state index in [4.69, 9.17) is 14.9 Å². The maximum atomic E-state index is 10.3. The van der Waals surface area contributed by atoms with E-state index in [2.05, 4.69) is 0 Å². The average molecular weight is 258 g/mol. The highest BCUT2D eigenvalue weighted by atomic mass is 16.6. The highest BCUT2D eigenvalue weighted by molar-refractivity contribution is 5.91. The van der Waals surface area contributed by atoms with E-state index in [-0.39, 0.29) is 11.1 Å². The van der Waals surface area contributed by atoms with Gasteiger partial charge in [0.15, 0.2) is 11.5 Å². The van der Waals surface area contributed by atoms with Gasteiger partial charge in [0, 0.05) is 0 Å². The number of rotatable bonds is 2. The second-order valence-electron chi connectivity index (χ2n) is 3.74. The Morgan fingerprint density at radius 1 is 0.737 bits per heavy atom. The molecule has 0 unspecified atom stereocenters. The predicted molar refractivity (Wildman–Crippen MR) is 66.9 cm³/mol. The van der Waals surface area contributed by atoms with Crippen LogP contribution in [0.25, 0.3) is 0 Å². The fourth-order valence-electron chi connectivity index (χ4n) is 1.37. The van der Waals surface area contributed by atoms with Crippen LogP contribution in [0.15, 0.2) is 48.5 Å². The maximum absolute atomic E-state index is 10.3. The molecule has 0 atom stereocenters. The summed E-state index contributed by atoms with van der Waals surface area (Å²) in [5.41, 5.74) is 0.167. The molecule has 0 spiro atoms. The lowest BCUT2D eigenvalue weighted by molar-refractivity contribution is 0.0681. The number of carbonyl (C=O) groups is 2. The van der Waals surface area contributed by atoms with E-state index in [1.807, 2.05) is 24.3 Å². The van der Waals surface area contributed by atoms with Gasteiger partial charge in [-0.3, -0.25) is 0 Å². The van der Waals surface area contributed by atoms with Crippen molar-refractivity contribution in [1.82, 2.24) is 0 Å². The summed E-state index contributed by atoms with van der Waals surface area (Å²) in [5.74, 6) is -0.0659. The third kappa shape index (κ3) is 3.32. The third-order valence-electron chi connectivity index (χ3n) is 2.41. The van der Waals surface area contributed by atoms with Crippen LogP contribution in [0.1, 0.15) is 20.7 Å². The smallest absolute Gasteiger partial charge is 0.335 e. The Labute approximate surface area is 108 Å². The van der Waals surface area contributed by atoms with Crippen molar-refractivity contribution in [3.8, 4) is 11.5 Å². The average Bonchev–Trinajstić information content (AvgIpc) is 3.18. The minimum atomic E-state index is -1.06. The van der Waals surface area contributed by atoms with Gasteiger partial charge in [-0.1, -0.05) is 12.1 Å². The number of ether oxygens (including phenoxy) is 1. The molecule has 0 saturated carbocycles. The van der Waals surface area contributed by atoms with Gasteiger partial charge in [0.05, 0.1) is 11.1 Å². The zero-order chi connectivity index (χ0) is 13.8.